The molecule has 0 amide bonds. The Balaban J connectivity index is 3.01. The van der Waals surface area contributed by atoms with Crippen molar-refractivity contribution in [3.05, 3.63) is 49.8 Å². The van der Waals surface area contributed by atoms with Crippen LogP contribution in [0.4, 0.5) is 5.69 Å². The van der Waals surface area contributed by atoms with Crippen molar-refractivity contribution in [2.45, 2.75) is 20.4 Å². The fraction of sp³-hybridized carbons (Fsp3) is 0.231. The minimum absolute atomic E-state index is 0.0454. The van der Waals surface area contributed by atoms with Crippen LogP contribution < -0.4 is 5.43 Å². The number of aromatic carboxylic acids is 1. The van der Waals surface area contributed by atoms with Crippen molar-refractivity contribution in [3.8, 4) is 0 Å². The van der Waals surface area contributed by atoms with Gasteiger partial charge in [-0.05, 0) is 19.9 Å². The summed E-state index contributed by atoms with van der Waals surface area (Å²) in [5.41, 5.74) is -0.451. The van der Waals surface area contributed by atoms with Crippen molar-refractivity contribution in [2.75, 3.05) is 0 Å². The lowest BCUT2D eigenvalue weighted by Crippen LogP contribution is -2.22. The zero-order valence-corrected chi connectivity index (χ0v) is 10.9. The highest BCUT2D eigenvalue weighted by molar-refractivity contribution is 5.94. The molecule has 20 heavy (non-hydrogen) atoms. The zero-order chi connectivity index (χ0) is 15.0. The number of carboxylic acid groups (broad SMARTS) is 1. The van der Waals surface area contributed by atoms with Crippen LogP contribution in [-0.2, 0) is 6.54 Å². The summed E-state index contributed by atoms with van der Waals surface area (Å²) in [6, 6.07) is 3.89. The Labute approximate surface area is 113 Å². The van der Waals surface area contributed by atoms with Crippen LogP contribution in [0.25, 0.3) is 10.9 Å². The number of aryl methyl sites for hydroxylation is 1. The molecule has 7 nitrogen and oxygen atoms in total. The van der Waals surface area contributed by atoms with Crippen molar-refractivity contribution >= 4 is 22.6 Å². The molecule has 7 heteroatoms. The molecule has 0 aliphatic carbocycles. The second-order valence-electron chi connectivity index (χ2n) is 4.30. The SMILES string of the molecule is CCn1c(C)c(C(=O)O)c(=O)c2cc([N+](=O)[O-])ccc21. The molecule has 1 aromatic heterocycles. The fourth-order valence-electron chi connectivity index (χ4n) is 2.33. The Morgan fingerprint density at radius 1 is 1.45 bits per heavy atom. The number of nitrogens with zero attached hydrogens (tertiary/aromatic N) is 2. The monoisotopic (exact) mass is 276 g/mol. The van der Waals surface area contributed by atoms with Crippen LogP contribution in [0.5, 0.6) is 0 Å². The molecule has 1 N–H and O–H groups in total. The summed E-state index contributed by atoms with van der Waals surface area (Å²) >= 11 is 0. The van der Waals surface area contributed by atoms with Crippen molar-refractivity contribution in [2.24, 2.45) is 0 Å². The number of aromatic nitrogens is 1. The van der Waals surface area contributed by atoms with Gasteiger partial charge in [-0.3, -0.25) is 14.9 Å². The van der Waals surface area contributed by atoms with Gasteiger partial charge >= 0.3 is 5.97 Å². The van der Waals surface area contributed by atoms with Crippen LogP contribution in [0.15, 0.2) is 23.0 Å². The van der Waals surface area contributed by atoms with Gasteiger partial charge in [0.25, 0.3) is 5.69 Å². The van der Waals surface area contributed by atoms with Gasteiger partial charge in [-0.1, -0.05) is 0 Å². The number of hydrogen-bond donors (Lipinski definition) is 1. The van der Waals surface area contributed by atoms with E-state index in [2.05, 4.69) is 0 Å². The second kappa shape index (κ2) is 4.76. The van der Waals surface area contributed by atoms with Gasteiger partial charge in [0.15, 0.2) is 0 Å². The van der Waals surface area contributed by atoms with Crippen molar-refractivity contribution in [3.63, 3.8) is 0 Å². The van der Waals surface area contributed by atoms with Crippen LogP contribution in [0.2, 0.25) is 0 Å². The Morgan fingerprint density at radius 2 is 2.10 bits per heavy atom. The summed E-state index contributed by atoms with van der Waals surface area (Å²) in [5.74, 6) is -1.33. The molecule has 0 fully saturated rings. The number of benzene rings is 1. The molecule has 1 aromatic carbocycles. The summed E-state index contributed by atoms with van der Waals surface area (Å²) in [7, 11) is 0. The van der Waals surface area contributed by atoms with E-state index in [1.165, 1.54) is 12.1 Å². The number of pyridine rings is 1. The van der Waals surface area contributed by atoms with Crippen molar-refractivity contribution in [1.29, 1.82) is 0 Å². The van der Waals surface area contributed by atoms with Gasteiger partial charge < -0.3 is 9.67 Å². The average molecular weight is 276 g/mol. The first kappa shape index (κ1) is 13.7. The van der Waals surface area contributed by atoms with Crippen LogP contribution in [0.3, 0.4) is 0 Å². The third-order valence-corrected chi connectivity index (χ3v) is 3.25. The Hall–Kier alpha value is -2.70. The molecule has 0 aliphatic heterocycles. The van der Waals surface area contributed by atoms with Crippen molar-refractivity contribution in [1.82, 2.24) is 4.57 Å². The van der Waals surface area contributed by atoms with Crippen LogP contribution in [-0.4, -0.2) is 20.6 Å². The molecule has 1 heterocycles. The van der Waals surface area contributed by atoms with E-state index in [1.807, 2.05) is 6.92 Å². The first-order valence-electron chi connectivity index (χ1n) is 5.93. The first-order chi connectivity index (χ1) is 9.38. The molecule has 2 aromatic rings. The lowest BCUT2D eigenvalue weighted by atomic mass is 10.1. The number of nitro benzene ring substituents is 1. The lowest BCUT2D eigenvalue weighted by molar-refractivity contribution is -0.384. The van der Waals surface area contributed by atoms with Crippen LogP contribution in [0.1, 0.15) is 23.0 Å². The number of fused-ring (bicyclic) bond motifs is 1. The lowest BCUT2D eigenvalue weighted by Gasteiger charge is -2.14. The number of non-ortho nitro benzene ring substituents is 1. The minimum atomic E-state index is -1.33. The van der Waals surface area contributed by atoms with Crippen molar-refractivity contribution < 1.29 is 14.8 Å². The number of nitro groups is 1. The number of rotatable bonds is 3. The van der Waals surface area contributed by atoms with E-state index >= 15 is 0 Å². The third kappa shape index (κ3) is 1.93. The highest BCUT2D eigenvalue weighted by Crippen LogP contribution is 2.21. The molecule has 0 unspecified atom stereocenters. The molecule has 0 bridgehead atoms. The molecular formula is C13H12N2O5. The molecule has 0 saturated heterocycles. The molecule has 0 spiro atoms. The normalized spacial score (nSPS) is 10.7. The van der Waals surface area contributed by atoms with Gasteiger partial charge in [0.05, 0.1) is 15.8 Å². The van der Waals surface area contributed by atoms with Gasteiger partial charge in [0.1, 0.15) is 5.56 Å². The summed E-state index contributed by atoms with van der Waals surface area (Å²) in [6.45, 7) is 3.82. The Morgan fingerprint density at radius 3 is 2.60 bits per heavy atom. The van der Waals surface area contributed by atoms with Gasteiger partial charge in [-0.15, -0.1) is 0 Å². The summed E-state index contributed by atoms with van der Waals surface area (Å²) < 4.78 is 1.66. The second-order valence-corrected chi connectivity index (χ2v) is 4.30. The molecule has 2 rings (SSSR count). The van der Waals surface area contributed by atoms with E-state index in [1.54, 1.807) is 11.5 Å². The smallest absolute Gasteiger partial charge is 0.341 e. The largest absolute Gasteiger partial charge is 0.477 e. The molecule has 0 radical (unpaired) electrons. The minimum Gasteiger partial charge on any atom is -0.477 e. The van der Waals surface area contributed by atoms with E-state index in [9.17, 15) is 19.7 Å². The summed E-state index contributed by atoms with van der Waals surface area (Å²) in [6.07, 6.45) is 0. The quantitative estimate of drug-likeness (QED) is 0.681. The highest BCUT2D eigenvalue weighted by Gasteiger charge is 2.20. The van der Waals surface area contributed by atoms with Gasteiger partial charge in [0, 0.05) is 24.4 Å². The maximum absolute atomic E-state index is 12.2. The molecule has 104 valence electrons. The molecule has 0 aliphatic rings. The molecule has 0 saturated carbocycles. The maximum atomic E-state index is 12.2. The summed E-state index contributed by atoms with van der Waals surface area (Å²) in [4.78, 5) is 33.6. The number of carbonyl (C=O) groups is 1. The predicted octanol–water partition coefficient (Wildman–Crippen LogP) is 1.94. The van der Waals surface area contributed by atoms with E-state index < -0.39 is 16.3 Å². The zero-order valence-electron chi connectivity index (χ0n) is 10.9. The standard InChI is InChI=1S/C13H12N2O5/c1-3-14-7(2)11(13(17)18)12(16)9-6-8(15(19)20)4-5-10(9)14/h4-6H,3H2,1-2H3,(H,17,18). The Kier molecular flexibility index (Phi) is 3.27. The third-order valence-electron chi connectivity index (χ3n) is 3.25. The highest BCUT2D eigenvalue weighted by atomic mass is 16.6. The molecular weight excluding hydrogens is 264 g/mol. The van der Waals surface area contributed by atoms with E-state index in [-0.39, 0.29) is 16.6 Å². The predicted molar refractivity (Wildman–Crippen MR) is 72.2 cm³/mol. The van der Waals surface area contributed by atoms with Gasteiger partial charge in [-0.25, -0.2) is 4.79 Å². The van der Waals surface area contributed by atoms with E-state index in [0.29, 0.717) is 17.8 Å². The van der Waals surface area contributed by atoms with Crippen LogP contribution >= 0.6 is 0 Å². The average Bonchev–Trinajstić information content (AvgIpc) is 2.38. The number of hydrogen-bond acceptors (Lipinski definition) is 4. The Bertz CT molecular complexity index is 791. The topological polar surface area (TPSA) is 102 Å². The van der Waals surface area contributed by atoms with Gasteiger partial charge in [-0.2, -0.15) is 0 Å². The van der Waals surface area contributed by atoms with E-state index in [0.717, 1.165) is 6.07 Å². The van der Waals surface area contributed by atoms with E-state index in [4.69, 9.17) is 5.11 Å². The van der Waals surface area contributed by atoms with Gasteiger partial charge in [0.2, 0.25) is 5.43 Å². The maximum Gasteiger partial charge on any atom is 0.341 e. The molecule has 0 atom stereocenters. The first-order valence-corrected chi connectivity index (χ1v) is 5.93. The fourth-order valence-corrected chi connectivity index (χ4v) is 2.33. The number of carboxylic acids is 1. The van der Waals surface area contributed by atoms with Crippen LogP contribution in [0, 0.1) is 17.0 Å². The summed E-state index contributed by atoms with van der Waals surface area (Å²) in [5, 5.41) is 20.0.